The fraction of sp³-hybridized carbons (Fsp3) is 0.600. The minimum absolute atomic E-state index is 0.193. The van der Waals surface area contributed by atoms with Crippen LogP contribution in [-0.2, 0) is 4.74 Å². The largest absolute Gasteiger partial charge is 0.475 e. The predicted octanol–water partition coefficient (Wildman–Crippen LogP) is 2.00. The van der Waals surface area contributed by atoms with E-state index < -0.39 is 0 Å². The van der Waals surface area contributed by atoms with Crippen LogP contribution in [-0.4, -0.2) is 29.3 Å². The topological polar surface area (TPSA) is 44.2 Å². The highest BCUT2D eigenvalue weighted by molar-refractivity contribution is 6.28. The summed E-state index contributed by atoms with van der Waals surface area (Å²) in [5.74, 6) is 0.547. The van der Waals surface area contributed by atoms with E-state index in [0.29, 0.717) is 12.5 Å². The average molecular weight is 229 g/mol. The van der Waals surface area contributed by atoms with Crippen molar-refractivity contribution in [2.24, 2.45) is 0 Å². The van der Waals surface area contributed by atoms with Crippen LogP contribution in [0, 0.1) is 6.92 Å². The predicted molar refractivity (Wildman–Crippen MR) is 56.2 cm³/mol. The van der Waals surface area contributed by atoms with E-state index in [-0.39, 0.29) is 11.4 Å². The molecule has 1 atom stereocenters. The third kappa shape index (κ3) is 2.79. The summed E-state index contributed by atoms with van der Waals surface area (Å²) < 4.78 is 11.0. The molecule has 0 amide bonds. The Balaban J connectivity index is 1.94. The van der Waals surface area contributed by atoms with Gasteiger partial charge in [-0.15, -0.1) is 0 Å². The molecule has 1 aliphatic heterocycles. The summed E-state index contributed by atoms with van der Waals surface area (Å²) in [4.78, 5) is 7.87. The number of aromatic nitrogens is 2. The van der Waals surface area contributed by atoms with Gasteiger partial charge in [-0.25, -0.2) is 4.98 Å². The maximum Gasteiger partial charge on any atom is 0.225 e. The average Bonchev–Trinajstić information content (AvgIpc) is 2.72. The minimum atomic E-state index is 0.193. The van der Waals surface area contributed by atoms with E-state index in [1.165, 1.54) is 0 Å². The summed E-state index contributed by atoms with van der Waals surface area (Å²) >= 11 is 5.68. The van der Waals surface area contributed by atoms with Crippen molar-refractivity contribution >= 4 is 11.6 Å². The van der Waals surface area contributed by atoms with Crippen molar-refractivity contribution in [2.75, 3.05) is 13.2 Å². The van der Waals surface area contributed by atoms with Crippen molar-refractivity contribution in [1.82, 2.24) is 9.97 Å². The minimum Gasteiger partial charge on any atom is -0.475 e. The smallest absolute Gasteiger partial charge is 0.225 e. The molecule has 1 aromatic rings. The lowest BCUT2D eigenvalue weighted by Crippen LogP contribution is -2.17. The van der Waals surface area contributed by atoms with E-state index in [0.717, 1.165) is 25.0 Å². The van der Waals surface area contributed by atoms with Gasteiger partial charge in [0, 0.05) is 18.4 Å². The van der Waals surface area contributed by atoms with Crippen LogP contribution in [0.3, 0.4) is 0 Å². The lowest BCUT2D eigenvalue weighted by atomic mass is 10.2. The van der Waals surface area contributed by atoms with Gasteiger partial charge in [-0.2, -0.15) is 4.98 Å². The summed E-state index contributed by atoms with van der Waals surface area (Å²) in [5, 5.41) is 0.211. The molecule has 15 heavy (non-hydrogen) atoms. The zero-order valence-electron chi connectivity index (χ0n) is 8.57. The Bertz CT molecular complexity index is 340. The van der Waals surface area contributed by atoms with Crippen molar-refractivity contribution in [3.8, 4) is 5.88 Å². The van der Waals surface area contributed by atoms with Crippen molar-refractivity contribution in [3.05, 3.63) is 17.0 Å². The van der Waals surface area contributed by atoms with Crippen LogP contribution in [0.4, 0.5) is 0 Å². The maximum atomic E-state index is 5.68. The van der Waals surface area contributed by atoms with E-state index in [4.69, 9.17) is 21.1 Å². The molecule has 1 fully saturated rings. The van der Waals surface area contributed by atoms with Crippen LogP contribution in [0.1, 0.15) is 18.4 Å². The van der Waals surface area contributed by atoms with Crippen molar-refractivity contribution in [2.45, 2.75) is 25.9 Å². The Morgan fingerprint density at radius 3 is 3.27 bits per heavy atom. The van der Waals surface area contributed by atoms with Crippen LogP contribution >= 0.6 is 11.6 Å². The molecule has 0 saturated carbocycles. The highest BCUT2D eigenvalue weighted by Gasteiger charge is 2.16. The molecule has 2 heterocycles. The molecule has 0 radical (unpaired) electrons. The molecule has 4 nitrogen and oxygen atoms in total. The van der Waals surface area contributed by atoms with Gasteiger partial charge >= 0.3 is 0 Å². The molecule has 1 aromatic heterocycles. The first kappa shape index (κ1) is 10.6. The number of hydrogen-bond acceptors (Lipinski definition) is 4. The molecule has 0 aliphatic carbocycles. The first-order chi connectivity index (χ1) is 7.25. The normalized spacial score (nSPS) is 20.5. The Morgan fingerprint density at radius 1 is 1.67 bits per heavy atom. The molecular weight excluding hydrogens is 216 g/mol. The number of aryl methyl sites for hydroxylation is 1. The van der Waals surface area contributed by atoms with E-state index in [9.17, 15) is 0 Å². The number of hydrogen-bond donors (Lipinski definition) is 0. The van der Waals surface area contributed by atoms with Crippen LogP contribution in [0.25, 0.3) is 0 Å². The van der Waals surface area contributed by atoms with Crippen LogP contribution < -0.4 is 4.74 Å². The van der Waals surface area contributed by atoms with E-state index in [1.54, 1.807) is 6.20 Å². The van der Waals surface area contributed by atoms with Gasteiger partial charge in [0.25, 0.3) is 0 Å². The lowest BCUT2D eigenvalue weighted by Gasteiger charge is -2.11. The molecule has 0 bridgehead atoms. The molecule has 2 rings (SSSR count). The summed E-state index contributed by atoms with van der Waals surface area (Å²) in [6.45, 7) is 3.26. The van der Waals surface area contributed by atoms with E-state index >= 15 is 0 Å². The number of rotatable bonds is 3. The van der Waals surface area contributed by atoms with Gasteiger partial charge in [-0.1, -0.05) is 0 Å². The van der Waals surface area contributed by atoms with Gasteiger partial charge in [-0.05, 0) is 31.4 Å². The molecule has 1 aliphatic rings. The van der Waals surface area contributed by atoms with Gasteiger partial charge in [0.2, 0.25) is 11.2 Å². The van der Waals surface area contributed by atoms with Crippen molar-refractivity contribution in [1.29, 1.82) is 0 Å². The Kier molecular flexibility index (Phi) is 3.38. The van der Waals surface area contributed by atoms with Gasteiger partial charge in [0.1, 0.15) is 6.61 Å². The van der Waals surface area contributed by atoms with Gasteiger partial charge in [0.15, 0.2) is 0 Å². The highest BCUT2D eigenvalue weighted by Crippen LogP contribution is 2.18. The number of nitrogens with zero attached hydrogens (tertiary/aromatic N) is 2. The van der Waals surface area contributed by atoms with Gasteiger partial charge < -0.3 is 9.47 Å². The van der Waals surface area contributed by atoms with Gasteiger partial charge in [0.05, 0.1) is 6.10 Å². The van der Waals surface area contributed by atoms with Crippen LogP contribution in [0.5, 0.6) is 5.88 Å². The van der Waals surface area contributed by atoms with Crippen molar-refractivity contribution < 1.29 is 9.47 Å². The highest BCUT2D eigenvalue weighted by atomic mass is 35.5. The monoisotopic (exact) mass is 228 g/mol. The summed E-state index contributed by atoms with van der Waals surface area (Å²) in [7, 11) is 0. The molecule has 82 valence electrons. The standard InChI is InChI=1S/C10H13ClN2O2/c1-7-5-12-10(11)13-9(7)15-6-8-3-2-4-14-8/h5,8H,2-4,6H2,1H3. The SMILES string of the molecule is Cc1cnc(Cl)nc1OCC1CCCO1. The fourth-order valence-corrected chi connectivity index (χ4v) is 1.63. The third-order valence-electron chi connectivity index (χ3n) is 2.33. The Hall–Kier alpha value is -0.870. The summed E-state index contributed by atoms with van der Waals surface area (Å²) in [6, 6.07) is 0. The fourth-order valence-electron chi connectivity index (χ4n) is 1.50. The van der Waals surface area contributed by atoms with Crippen LogP contribution in [0.2, 0.25) is 5.28 Å². The Morgan fingerprint density at radius 2 is 2.53 bits per heavy atom. The second-order valence-corrected chi connectivity index (χ2v) is 3.91. The molecular formula is C10H13ClN2O2. The third-order valence-corrected chi connectivity index (χ3v) is 2.51. The van der Waals surface area contributed by atoms with E-state index in [1.807, 2.05) is 6.92 Å². The van der Waals surface area contributed by atoms with Gasteiger partial charge in [-0.3, -0.25) is 0 Å². The molecule has 5 heteroatoms. The van der Waals surface area contributed by atoms with Crippen molar-refractivity contribution in [3.63, 3.8) is 0 Å². The summed E-state index contributed by atoms with van der Waals surface area (Å²) in [6.07, 6.45) is 4.01. The molecule has 1 saturated heterocycles. The molecule has 0 aromatic carbocycles. The Labute approximate surface area is 93.6 Å². The second kappa shape index (κ2) is 4.77. The molecule has 1 unspecified atom stereocenters. The maximum absolute atomic E-state index is 5.68. The quantitative estimate of drug-likeness (QED) is 0.743. The summed E-state index contributed by atoms with van der Waals surface area (Å²) in [5.41, 5.74) is 0.886. The van der Waals surface area contributed by atoms with Crippen LogP contribution in [0.15, 0.2) is 6.20 Å². The number of ether oxygens (including phenoxy) is 2. The second-order valence-electron chi connectivity index (χ2n) is 3.57. The molecule has 0 N–H and O–H groups in total. The first-order valence-electron chi connectivity index (χ1n) is 4.99. The molecule has 0 spiro atoms. The first-order valence-corrected chi connectivity index (χ1v) is 5.37. The zero-order valence-corrected chi connectivity index (χ0v) is 9.33. The zero-order chi connectivity index (χ0) is 10.7. The lowest BCUT2D eigenvalue weighted by molar-refractivity contribution is 0.0660. The van der Waals surface area contributed by atoms with E-state index in [2.05, 4.69) is 9.97 Å². The number of halogens is 1.